The molecule has 0 aromatic heterocycles. The third-order valence-electron chi connectivity index (χ3n) is 6.97. The Morgan fingerprint density at radius 2 is 1.88 bits per heavy atom. The fourth-order valence-electron chi connectivity index (χ4n) is 5.11. The molecule has 172 valence electrons. The van der Waals surface area contributed by atoms with E-state index in [2.05, 4.69) is 77.9 Å². The number of nitrogens with zero attached hydrogens (tertiary/aromatic N) is 2. The van der Waals surface area contributed by atoms with Gasteiger partial charge in [0.25, 0.3) is 0 Å². The van der Waals surface area contributed by atoms with Crippen molar-refractivity contribution >= 4 is 5.69 Å². The van der Waals surface area contributed by atoms with Gasteiger partial charge >= 0.3 is 0 Å². The van der Waals surface area contributed by atoms with Gasteiger partial charge in [-0.3, -0.25) is 4.90 Å². The number of para-hydroxylation sites is 1. The zero-order chi connectivity index (χ0) is 22.3. The number of aryl methyl sites for hydroxylation is 1. The van der Waals surface area contributed by atoms with E-state index in [9.17, 15) is 0 Å². The van der Waals surface area contributed by atoms with Crippen molar-refractivity contribution in [1.82, 2.24) is 4.90 Å². The lowest BCUT2D eigenvalue weighted by atomic mass is 9.90. The van der Waals surface area contributed by atoms with Crippen molar-refractivity contribution in [3.8, 4) is 0 Å². The van der Waals surface area contributed by atoms with E-state index in [1.807, 2.05) is 7.11 Å². The average molecular weight is 435 g/mol. The topological polar surface area (TPSA) is 24.9 Å². The van der Waals surface area contributed by atoms with E-state index < -0.39 is 0 Å². The molecule has 0 radical (unpaired) electrons. The van der Waals surface area contributed by atoms with Crippen LogP contribution in [0.15, 0.2) is 66.7 Å². The lowest BCUT2D eigenvalue weighted by Gasteiger charge is -2.43. The Labute approximate surface area is 193 Å². The van der Waals surface area contributed by atoms with E-state index in [4.69, 9.17) is 9.47 Å². The van der Waals surface area contributed by atoms with E-state index in [0.717, 1.165) is 58.5 Å². The molecule has 4 heteroatoms. The maximum absolute atomic E-state index is 6.19. The van der Waals surface area contributed by atoms with Gasteiger partial charge < -0.3 is 14.4 Å². The van der Waals surface area contributed by atoms with Gasteiger partial charge in [-0.1, -0.05) is 54.1 Å². The predicted molar refractivity (Wildman–Crippen MR) is 132 cm³/mol. The first-order valence-electron chi connectivity index (χ1n) is 12.0. The van der Waals surface area contributed by atoms with Gasteiger partial charge in [0.2, 0.25) is 0 Å². The fourth-order valence-corrected chi connectivity index (χ4v) is 5.11. The molecule has 2 aromatic carbocycles. The van der Waals surface area contributed by atoms with Crippen LogP contribution in [0, 0.1) is 0 Å². The first-order chi connectivity index (χ1) is 15.7. The lowest BCUT2D eigenvalue weighted by Crippen LogP contribution is -2.48. The average Bonchev–Trinajstić information content (AvgIpc) is 3.30. The van der Waals surface area contributed by atoms with Crippen LogP contribution in [0.2, 0.25) is 0 Å². The molecule has 4 nitrogen and oxygen atoms in total. The Morgan fingerprint density at radius 1 is 1.09 bits per heavy atom. The molecule has 0 spiro atoms. The quantitative estimate of drug-likeness (QED) is 0.377. The molecular formula is C28H38N2O2. The molecule has 32 heavy (non-hydrogen) atoms. The van der Waals surface area contributed by atoms with Crippen LogP contribution in [-0.4, -0.2) is 57.0 Å². The van der Waals surface area contributed by atoms with Crippen molar-refractivity contribution in [2.45, 2.75) is 50.8 Å². The number of fused-ring (bicyclic) bond motifs is 1. The molecule has 0 N–H and O–H groups in total. The highest BCUT2D eigenvalue weighted by Crippen LogP contribution is 2.39. The van der Waals surface area contributed by atoms with Crippen molar-refractivity contribution < 1.29 is 9.47 Å². The van der Waals surface area contributed by atoms with E-state index in [1.165, 1.54) is 22.4 Å². The molecule has 0 amide bonds. The van der Waals surface area contributed by atoms with Gasteiger partial charge in [-0.2, -0.15) is 0 Å². The summed E-state index contributed by atoms with van der Waals surface area (Å²) in [6.07, 6.45) is 4.61. The van der Waals surface area contributed by atoms with E-state index >= 15 is 0 Å². The van der Waals surface area contributed by atoms with Gasteiger partial charge in [-0.05, 0) is 49.8 Å². The number of ether oxygens (including phenoxy) is 2. The standard InChI is InChI=1S/C28H38N2O2/c1-22(2)16-18-32-21-25(29-17-15-26(20-29)31-3)19-30-27-12-8-7-11-24(27)13-14-28(30)23-9-5-4-6-10-23/h4-12,25-26,28H,1,13-21H2,2-3H3. The molecule has 1 fully saturated rings. The number of hydrogen-bond acceptors (Lipinski definition) is 4. The lowest BCUT2D eigenvalue weighted by molar-refractivity contribution is 0.0578. The Bertz CT molecular complexity index is 869. The number of anilines is 1. The van der Waals surface area contributed by atoms with Gasteiger partial charge in [-0.15, -0.1) is 6.58 Å². The largest absolute Gasteiger partial charge is 0.380 e. The van der Waals surface area contributed by atoms with Gasteiger partial charge in [-0.25, -0.2) is 0 Å². The van der Waals surface area contributed by atoms with Crippen molar-refractivity contribution in [2.24, 2.45) is 0 Å². The predicted octanol–water partition coefficient (Wildman–Crippen LogP) is 5.25. The zero-order valence-electron chi connectivity index (χ0n) is 19.7. The summed E-state index contributed by atoms with van der Waals surface area (Å²) in [4.78, 5) is 5.22. The monoisotopic (exact) mass is 434 g/mol. The summed E-state index contributed by atoms with van der Waals surface area (Å²) in [6.45, 7) is 10.6. The molecule has 3 atom stereocenters. The summed E-state index contributed by atoms with van der Waals surface area (Å²) in [5, 5.41) is 0. The SMILES string of the molecule is C=C(C)CCOCC(CN1c2ccccc2CCC1c1ccccc1)N1CCC(OC)C1. The summed E-state index contributed by atoms with van der Waals surface area (Å²) in [6, 6.07) is 20.6. The van der Waals surface area contributed by atoms with Gasteiger partial charge in [0.05, 0.1) is 31.4 Å². The highest BCUT2D eigenvalue weighted by Gasteiger charge is 2.34. The Kier molecular flexibility index (Phi) is 8.01. The summed E-state index contributed by atoms with van der Waals surface area (Å²) in [7, 11) is 1.83. The van der Waals surface area contributed by atoms with Gasteiger partial charge in [0, 0.05) is 32.4 Å². The third-order valence-corrected chi connectivity index (χ3v) is 6.97. The highest BCUT2D eigenvalue weighted by molar-refractivity contribution is 5.58. The maximum atomic E-state index is 6.19. The highest BCUT2D eigenvalue weighted by atomic mass is 16.5. The Hall–Kier alpha value is -2.14. The van der Waals surface area contributed by atoms with E-state index in [1.54, 1.807) is 0 Å². The van der Waals surface area contributed by atoms with E-state index in [0.29, 0.717) is 18.2 Å². The van der Waals surface area contributed by atoms with E-state index in [-0.39, 0.29) is 0 Å². The molecule has 0 aliphatic carbocycles. The molecule has 2 aliphatic rings. The van der Waals surface area contributed by atoms with Crippen LogP contribution in [0.5, 0.6) is 0 Å². The van der Waals surface area contributed by atoms with Crippen molar-refractivity contribution in [2.75, 3.05) is 44.9 Å². The minimum absolute atomic E-state index is 0.325. The van der Waals surface area contributed by atoms with Crippen LogP contribution in [0.3, 0.4) is 0 Å². The second-order valence-corrected chi connectivity index (χ2v) is 9.32. The number of methoxy groups -OCH3 is 1. The third kappa shape index (κ3) is 5.61. The number of hydrogen-bond donors (Lipinski definition) is 0. The van der Waals surface area contributed by atoms with Crippen LogP contribution in [0.4, 0.5) is 5.69 Å². The van der Waals surface area contributed by atoms with Crippen LogP contribution in [-0.2, 0) is 15.9 Å². The van der Waals surface area contributed by atoms with Crippen molar-refractivity contribution in [1.29, 1.82) is 0 Å². The van der Waals surface area contributed by atoms with Gasteiger partial charge in [0.1, 0.15) is 0 Å². The second-order valence-electron chi connectivity index (χ2n) is 9.32. The van der Waals surface area contributed by atoms with Gasteiger partial charge in [0.15, 0.2) is 0 Å². The first kappa shape index (κ1) is 23.0. The molecule has 2 aromatic rings. The second kappa shape index (κ2) is 11.1. The molecule has 3 unspecified atom stereocenters. The molecular weight excluding hydrogens is 396 g/mol. The summed E-state index contributed by atoms with van der Waals surface area (Å²) in [5.74, 6) is 0. The minimum atomic E-state index is 0.325. The van der Waals surface area contributed by atoms with Crippen LogP contribution >= 0.6 is 0 Å². The molecule has 0 bridgehead atoms. The van der Waals surface area contributed by atoms with Crippen LogP contribution in [0.1, 0.15) is 43.4 Å². The molecule has 2 aliphatic heterocycles. The normalized spacial score (nSPS) is 22.0. The fraction of sp³-hybridized carbons (Fsp3) is 0.500. The number of rotatable bonds is 10. The summed E-state index contributed by atoms with van der Waals surface area (Å²) >= 11 is 0. The maximum Gasteiger partial charge on any atom is 0.0710 e. The zero-order valence-corrected chi connectivity index (χ0v) is 19.7. The summed E-state index contributed by atoms with van der Waals surface area (Å²) < 4.78 is 11.9. The Balaban J connectivity index is 1.57. The van der Waals surface area contributed by atoms with Crippen molar-refractivity contribution in [3.63, 3.8) is 0 Å². The molecule has 2 heterocycles. The number of benzene rings is 2. The number of likely N-dealkylation sites (tertiary alicyclic amines) is 1. The van der Waals surface area contributed by atoms with Crippen LogP contribution in [0.25, 0.3) is 0 Å². The van der Waals surface area contributed by atoms with Crippen molar-refractivity contribution in [3.05, 3.63) is 77.9 Å². The summed E-state index contributed by atoms with van der Waals surface area (Å²) in [5.41, 5.74) is 5.41. The Morgan fingerprint density at radius 3 is 2.62 bits per heavy atom. The van der Waals surface area contributed by atoms with Crippen LogP contribution < -0.4 is 4.90 Å². The first-order valence-corrected chi connectivity index (χ1v) is 12.0. The minimum Gasteiger partial charge on any atom is -0.380 e. The smallest absolute Gasteiger partial charge is 0.0710 e. The molecule has 4 rings (SSSR count). The molecule has 0 saturated carbocycles. The molecule has 1 saturated heterocycles.